The number of carbonyl (C=O) groups excluding carboxylic acids is 1. The van der Waals surface area contributed by atoms with E-state index in [4.69, 9.17) is 0 Å². The normalized spacial score (nSPS) is 24.7. The molecule has 2 saturated carbocycles. The van der Waals surface area contributed by atoms with Crippen LogP contribution in [0.2, 0.25) is 0 Å². The Morgan fingerprint density at radius 3 is 2.29 bits per heavy atom. The summed E-state index contributed by atoms with van der Waals surface area (Å²) < 4.78 is 52.3. The fourth-order valence-corrected chi connectivity index (χ4v) is 5.74. The summed E-state index contributed by atoms with van der Waals surface area (Å²) in [5, 5.41) is 2.40. The second-order valence-electron chi connectivity index (χ2n) is 8.50. The topological polar surface area (TPSA) is 89.0 Å². The van der Waals surface area contributed by atoms with Crippen LogP contribution in [-0.2, 0) is 14.6 Å². The number of alkyl halides is 2. The molecule has 31 heavy (non-hydrogen) atoms. The number of hydrogen-bond acceptors (Lipinski definition) is 5. The summed E-state index contributed by atoms with van der Waals surface area (Å²) in [6.07, 6.45) is 1.70. The summed E-state index contributed by atoms with van der Waals surface area (Å²) in [4.78, 5) is 21.5. The standard InChI is InChI=1S/C22H25F2N3O3S/c1-13-11-26-21(12-25-13)27-22(28)18(8-14-9-19(23)20(24)10-14)15-2-4-16(5-3-15)31(29,30)17-6-7-17/h2-5,11-12,14,17-20H,6-10H2,1H3,(H,26,27,28)/t14-,18?,19+,20-. The monoisotopic (exact) mass is 449 g/mol. The molecule has 4 rings (SSSR count). The van der Waals surface area contributed by atoms with Crippen LogP contribution in [-0.4, -0.2) is 41.9 Å². The number of halogens is 2. The van der Waals surface area contributed by atoms with Gasteiger partial charge in [-0.05, 0) is 62.6 Å². The number of nitrogens with one attached hydrogen (secondary N) is 1. The van der Waals surface area contributed by atoms with Gasteiger partial charge in [0.05, 0.1) is 34.2 Å². The number of hydrogen-bond donors (Lipinski definition) is 1. The van der Waals surface area contributed by atoms with Crippen molar-refractivity contribution in [3.63, 3.8) is 0 Å². The van der Waals surface area contributed by atoms with E-state index in [0.717, 1.165) is 0 Å². The molecule has 1 aromatic carbocycles. The number of anilines is 1. The molecule has 1 amide bonds. The van der Waals surface area contributed by atoms with Crippen LogP contribution in [0.5, 0.6) is 0 Å². The SMILES string of the molecule is Cc1cnc(NC(=O)C(C[C@H]2C[C@@H](F)[C@@H](F)C2)c2ccc(S(=O)(=O)C3CC3)cc2)cn1. The van der Waals surface area contributed by atoms with E-state index in [9.17, 15) is 22.0 Å². The lowest BCUT2D eigenvalue weighted by Crippen LogP contribution is -2.24. The number of amides is 1. The zero-order valence-electron chi connectivity index (χ0n) is 17.2. The lowest BCUT2D eigenvalue weighted by Gasteiger charge is -2.20. The van der Waals surface area contributed by atoms with Crippen molar-refractivity contribution in [1.82, 2.24) is 9.97 Å². The summed E-state index contributed by atoms with van der Waals surface area (Å²) in [5.74, 6) is -1.05. The predicted octanol–water partition coefficient (Wildman–Crippen LogP) is 3.92. The molecule has 1 aromatic heterocycles. The Hall–Kier alpha value is -2.42. The predicted molar refractivity (Wildman–Crippen MR) is 112 cm³/mol. The van der Waals surface area contributed by atoms with Gasteiger partial charge in [-0.1, -0.05) is 12.1 Å². The highest BCUT2D eigenvalue weighted by Gasteiger charge is 2.38. The van der Waals surface area contributed by atoms with E-state index in [1.807, 2.05) is 0 Å². The Morgan fingerprint density at radius 1 is 1.10 bits per heavy atom. The second-order valence-corrected chi connectivity index (χ2v) is 10.7. The van der Waals surface area contributed by atoms with E-state index in [0.29, 0.717) is 24.1 Å². The first-order valence-electron chi connectivity index (χ1n) is 10.5. The van der Waals surface area contributed by atoms with Crippen LogP contribution in [0, 0.1) is 12.8 Å². The number of aryl methyl sites for hydroxylation is 1. The second kappa shape index (κ2) is 8.61. The van der Waals surface area contributed by atoms with Crippen LogP contribution in [0.1, 0.15) is 49.3 Å². The van der Waals surface area contributed by atoms with Crippen molar-refractivity contribution in [2.45, 2.75) is 67.4 Å². The van der Waals surface area contributed by atoms with Gasteiger partial charge in [0, 0.05) is 0 Å². The number of sulfone groups is 1. The van der Waals surface area contributed by atoms with Gasteiger partial charge in [-0.15, -0.1) is 0 Å². The van der Waals surface area contributed by atoms with Gasteiger partial charge < -0.3 is 5.32 Å². The Balaban J connectivity index is 1.56. The van der Waals surface area contributed by atoms with Crippen LogP contribution in [0.15, 0.2) is 41.6 Å². The first-order chi connectivity index (χ1) is 14.7. The van der Waals surface area contributed by atoms with Gasteiger partial charge in [0.1, 0.15) is 12.3 Å². The number of benzene rings is 1. The maximum absolute atomic E-state index is 13.7. The molecule has 166 valence electrons. The summed E-state index contributed by atoms with van der Waals surface area (Å²) in [6, 6.07) is 6.27. The molecule has 0 spiro atoms. The van der Waals surface area contributed by atoms with Gasteiger partial charge in [-0.3, -0.25) is 9.78 Å². The third-order valence-electron chi connectivity index (χ3n) is 6.00. The van der Waals surface area contributed by atoms with E-state index in [2.05, 4.69) is 15.3 Å². The Bertz CT molecular complexity index is 1030. The van der Waals surface area contributed by atoms with Crippen LogP contribution < -0.4 is 5.32 Å². The van der Waals surface area contributed by atoms with Crippen LogP contribution in [0.3, 0.4) is 0 Å². The highest BCUT2D eigenvalue weighted by molar-refractivity contribution is 7.92. The summed E-state index contributed by atoms with van der Waals surface area (Å²) in [5.41, 5.74) is 1.31. The van der Waals surface area contributed by atoms with Crippen molar-refractivity contribution < 1.29 is 22.0 Å². The number of nitrogens with zero attached hydrogens (tertiary/aromatic N) is 2. The van der Waals surface area contributed by atoms with Crippen molar-refractivity contribution in [1.29, 1.82) is 0 Å². The fourth-order valence-electron chi connectivity index (χ4n) is 4.08. The molecule has 0 bridgehead atoms. The number of aromatic nitrogens is 2. The molecule has 2 fully saturated rings. The maximum atomic E-state index is 13.7. The van der Waals surface area contributed by atoms with E-state index in [1.54, 1.807) is 19.1 Å². The average molecular weight is 450 g/mol. The summed E-state index contributed by atoms with van der Waals surface area (Å²) in [7, 11) is -3.34. The van der Waals surface area contributed by atoms with E-state index in [1.165, 1.54) is 24.5 Å². The Kier molecular flexibility index (Phi) is 6.05. The molecule has 1 unspecified atom stereocenters. The first-order valence-corrected chi connectivity index (χ1v) is 12.0. The van der Waals surface area contributed by atoms with Crippen LogP contribution in [0.25, 0.3) is 0 Å². The van der Waals surface area contributed by atoms with E-state index >= 15 is 0 Å². The molecule has 0 aliphatic heterocycles. The molecule has 9 heteroatoms. The van der Waals surface area contributed by atoms with E-state index < -0.39 is 28.1 Å². The first kappa shape index (κ1) is 21.8. The molecule has 1 heterocycles. The molecule has 6 nitrogen and oxygen atoms in total. The molecular formula is C22H25F2N3O3S. The summed E-state index contributed by atoms with van der Waals surface area (Å²) >= 11 is 0. The molecule has 2 aromatic rings. The zero-order chi connectivity index (χ0) is 22.2. The average Bonchev–Trinajstić information content (AvgIpc) is 3.55. The fraction of sp³-hybridized carbons (Fsp3) is 0.500. The Morgan fingerprint density at radius 2 is 1.74 bits per heavy atom. The molecule has 0 saturated heterocycles. The molecule has 2 aliphatic rings. The van der Waals surface area contributed by atoms with Crippen molar-refractivity contribution in [3.8, 4) is 0 Å². The molecule has 1 N–H and O–H groups in total. The van der Waals surface area contributed by atoms with Crippen LogP contribution in [0.4, 0.5) is 14.6 Å². The van der Waals surface area contributed by atoms with Gasteiger partial charge >= 0.3 is 0 Å². The molecule has 0 radical (unpaired) electrons. The quantitative estimate of drug-likeness (QED) is 0.692. The third kappa shape index (κ3) is 4.92. The third-order valence-corrected chi connectivity index (χ3v) is 8.28. The highest BCUT2D eigenvalue weighted by Crippen LogP contribution is 2.39. The smallest absolute Gasteiger partial charge is 0.233 e. The van der Waals surface area contributed by atoms with Crippen molar-refractivity contribution in [3.05, 3.63) is 47.9 Å². The molecular weight excluding hydrogens is 424 g/mol. The van der Waals surface area contributed by atoms with Crippen molar-refractivity contribution in [2.24, 2.45) is 5.92 Å². The highest BCUT2D eigenvalue weighted by atomic mass is 32.2. The number of rotatable bonds is 7. The lowest BCUT2D eigenvalue weighted by atomic mass is 9.87. The zero-order valence-corrected chi connectivity index (χ0v) is 18.0. The van der Waals surface area contributed by atoms with Gasteiger partial charge in [-0.2, -0.15) is 0 Å². The van der Waals surface area contributed by atoms with Gasteiger partial charge in [-0.25, -0.2) is 22.2 Å². The minimum absolute atomic E-state index is 0.0728. The van der Waals surface area contributed by atoms with Gasteiger partial charge in [0.2, 0.25) is 5.91 Å². The minimum Gasteiger partial charge on any atom is -0.309 e. The van der Waals surface area contributed by atoms with Crippen LogP contribution >= 0.6 is 0 Å². The number of carbonyl (C=O) groups is 1. The van der Waals surface area contributed by atoms with E-state index in [-0.39, 0.29) is 47.1 Å². The minimum atomic E-state index is -3.34. The Labute approximate surface area is 180 Å². The summed E-state index contributed by atoms with van der Waals surface area (Å²) in [6.45, 7) is 1.78. The molecule has 2 aliphatic carbocycles. The largest absolute Gasteiger partial charge is 0.309 e. The lowest BCUT2D eigenvalue weighted by molar-refractivity contribution is -0.118. The maximum Gasteiger partial charge on any atom is 0.233 e. The van der Waals surface area contributed by atoms with Gasteiger partial charge in [0.15, 0.2) is 15.7 Å². The van der Waals surface area contributed by atoms with Crippen molar-refractivity contribution in [2.75, 3.05) is 5.32 Å². The van der Waals surface area contributed by atoms with Gasteiger partial charge in [0.25, 0.3) is 0 Å². The van der Waals surface area contributed by atoms with Crippen molar-refractivity contribution >= 4 is 21.6 Å². The molecule has 4 atom stereocenters.